The number of carbonyl (C=O) groups is 1. The van der Waals surface area contributed by atoms with Gasteiger partial charge in [0.05, 0.1) is 5.56 Å². The van der Waals surface area contributed by atoms with Crippen LogP contribution in [-0.2, 0) is 29.2 Å². The van der Waals surface area contributed by atoms with Crippen LogP contribution >= 0.6 is 11.3 Å². The summed E-state index contributed by atoms with van der Waals surface area (Å²) < 4.78 is 65.9. The van der Waals surface area contributed by atoms with Crippen LogP contribution in [0.25, 0.3) is 0 Å². The number of nitrogens with zero attached hydrogens (tertiary/aromatic N) is 1. The Morgan fingerprint density at radius 2 is 1.84 bits per heavy atom. The minimum atomic E-state index is -4.54. The third-order valence-corrected chi connectivity index (χ3v) is 8.20. The summed E-state index contributed by atoms with van der Waals surface area (Å²) in [5.41, 5.74) is 1.08. The fourth-order valence-corrected chi connectivity index (χ4v) is 5.96. The zero-order valence-electron chi connectivity index (χ0n) is 16.0. The van der Waals surface area contributed by atoms with Crippen LogP contribution in [0.2, 0.25) is 0 Å². The van der Waals surface area contributed by atoms with Crippen molar-refractivity contribution in [3.05, 3.63) is 82.2 Å². The molecule has 1 aliphatic rings. The highest BCUT2D eigenvalue weighted by Crippen LogP contribution is 2.31. The molecule has 2 heterocycles. The smallest absolute Gasteiger partial charge is 0.322 e. The van der Waals surface area contributed by atoms with E-state index >= 15 is 0 Å². The highest BCUT2D eigenvalue weighted by Gasteiger charge is 2.31. The van der Waals surface area contributed by atoms with E-state index in [1.165, 1.54) is 16.4 Å². The summed E-state index contributed by atoms with van der Waals surface area (Å²) in [6, 6.07) is 12.5. The second-order valence-corrected chi connectivity index (χ2v) is 10.1. The van der Waals surface area contributed by atoms with Crippen molar-refractivity contribution in [2.75, 3.05) is 11.9 Å². The Morgan fingerprint density at radius 3 is 2.55 bits per heavy atom. The highest BCUT2D eigenvalue weighted by molar-refractivity contribution is 7.91. The molecule has 0 saturated carbocycles. The van der Waals surface area contributed by atoms with Gasteiger partial charge in [0.1, 0.15) is 4.21 Å². The maximum absolute atomic E-state index is 12.9. The molecule has 0 bridgehead atoms. The van der Waals surface area contributed by atoms with Gasteiger partial charge < -0.3 is 5.32 Å². The summed E-state index contributed by atoms with van der Waals surface area (Å²) in [6.07, 6.45) is -4.01. The SMILES string of the molecule is O=C(Nc1ccc2c(c1)CN(S(=O)(=O)c1cccs1)CC2)c1cccc(C(F)(F)F)c1. The maximum atomic E-state index is 12.9. The van der Waals surface area contributed by atoms with E-state index in [0.29, 0.717) is 18.7 Å². The summed E-state index contributed by atoms with van der Waals surface area (Å²) in [7, 11) is -3.60. The second kappa shape index (κ2) is 8.10. The fraction of sp³-hybridized carbons (Fsp3) is 0.190. The first-order valence-electron chi connectivity index (χ1n) is 9.29. The Morgan fingerprint density at radius 1 is 1.03 bits per heavy atom. The van der Waals surface area contributed by atoms with Gasteiger partial charge in [-0.25, -0.2) is 8.42 Å². The first-order chi connectivity index (χ1) is 14.6. The average molecular weight is 467 g/mol. The minimum Gasteiger partial charge on any atom is -0.322 e. The number of sulfonamides is 1. The molecule has 1 aliphatic heterocycles. The molecule has 2 aromatic carbocycles. The van der Waals surface area contributed by atoms with Crippen LogP contribution in [0.4, 0.5) is 18.9 Å². The van der Waals surface area contributed by atoms with Crippen LogP contribution in [0.3, 0.4) is 0 Å². The molecule has 0 fully saturated rings. The third kappa shape index (κ3) is 4.51. The number of halogens is 3. The number of alkyl halides is 3. The van der Waals surface area contributed by atoms with Gasteiger partial charge in [0.15, 0.2) is 0 Å². The lowest BCUT2D eigenvalue weighted by Gasteiger charge is -2.28. The molecule has 0 radical (unpaired) electrons. The average Bonchev–Trinajstić information content (AvgIpc) is 3.28. The molecule has 5 nitrogen and oxygen atoms in total. The van der Waals surface area contributed by atoms with Gasteiger partial charge >= 0.3 is 6.18 Å². The Balaban J connectivity index is 1.54. The van der Waals surface area contributed by atoms with E-state index in [0.717, 1.165) is 34.6 Å². The predicted molar refractivity (Wildman–Crippen MR) is 111 cm³/mol. The number of benzene rings is 2. The standard InChI is InChI=1S/C21H17F3N2O3S2/c22-21(23,24)17-4-1-3-15(11-17)20(27)25-18-7-6-14-8-9-26(13-16(14)12-18)31(28,29)19-5-2-10-30-19/h1-7,10-12H,8-9,13H2,(H,25,27). The molecule has 0 spiro atoms. The molecule has 1 aromatic heterocycles. The van der Waals surface area contributed by atoms with E-state index in [1.54, 1.807) is 35.7 Å². The Kier molecular flexibility index (Phi) is 5.63. The van der Waals surface area contributed by atoms with Gasteiger partial charge in [0.25, 0.3) is 15.9 Å². The molecule has 3 aromatic rings. The van der Waals surface area contributed by atoms with E-state index in [2.05, 4.69) is 5.32 Å². The van der Waals surface area contributed by atoms with Crippen LogP contribution in [-0.4, -0.2) is 25.2 Å². The quantitative estimate of drug-likeness (QED) is 0.603. The number of rotatable bonds is 4. The molecule has 0 saturated heterocycles. The summed E-state index contributed by atoms with van der Waals surface area (Å²) in [4.78, 5) is 12.5. The first kappa shape index (κ1) is 21.5. The zero-order chi connectivity index (χ0) is 22.2. The molecule has 1 N–H and O–H groups in total. The molecule has 0 atom stereocenters. The van der Waals surface area contributed by atoms with E-state index in [9.17, 15) is 26.4 Å². The molecule has 162 valence electrons. The molecule has 0 aliphatic carbocycles. The van der Waals surface area contributed by atoms with Crippen LogP contribution in [0.1, 0.15) is 27.0 Å². The number of hydrogen-bond acceptors (Lipinski definition) is 4. The van der Waals surface area contributed by atoms with Crippen molar-refractivity contribution in [2.24, 2.45) is 0 Å². The number of fused-ring (bicyclic) bond motifs is 1. The highest BCUT2D eigenvalue weighted by atomic mass is 32.2. The molecular formula is C21H17F3N2O3S2. The van der Waals surface area contributed by atoms with Crippen molar-refractivity contribution in [2.45, 2.75) is 23.4 Å². The number of amides is 1. The van der Waals surface area contributed by atoms with Gasteiger partial charge in [-0.1, -0.05) is 18.2 Å². The van der Waals surface area contributed by atoms with Crippen molar-refractivity contribution >= 4 is 33.0 Å². The maximum Gasteiger partial charge on any atom is 0.416 e. The molecule has 4 rings (SSSR count). The van der Waals surface area contributed by atoms with Gasteiger partial charge in [-0.15, -0.1) is 11.3 Å². The van der Waals surface area contributed by atoms with Gasteiger partial charge in [-0.05, 0) is 59.3 Å². The van der Waals surface area contributed by atoms with Crippen molar-refractivity contribution in [3.8, 4) is 0 Å². The van der Waals surface area contributed by atoms with Crippen LogP contribution in [0.5, 0.6) is 0 Å². The van der Waals surface area contributed by atoms with Gasteiger partial charge in [-0.2, -0.15) is 17.5 Å². The Labute approximate surface area is 181 Å². The Hall–Kier alpha value is -2.69. The summed E-state index contributed by atoms with van der Waals surface area (Å²) in [5, 5.41) is 4.30. The predicted octanol–water partition coefficient (Wildman–Crippen LogP) is 4.77. The summed E-state index contributed by atoms with van der Waals surface area (Å²) in [5.74, 6) is -0.676. The van der Waals surface area contributed by atoms with E-state index in [4.69, 9.17) is 0 Å². The van der Waals surface area contributed by atoms with E-state index in [-0.39, 0.29) is 16.3 Å². The largest absolute Gasteiger partial charge is 0.416 e. The molecule has 0 unspecified atom stereocenters. The lowest BCUT2D eigenvalue weighted by molar-refractivity contribution is -0.137. The monoisotopic (exact) mass is 466 g/mol. The summed E-state index contributed by atoms with van der Waals surface area (Å²) >= 11 is 1.15. The topological polar surface area (TPSA) is 66.5 Å². The van der Waals surface area contributed by atoms with Gasteiger partial charge in [-0.3, -0.25) is 4.79 Å². The van der Waals surface area contributed by atoms with Crippen molar-refractivity contribution in [3.63, 3.8) is 0 Å². The molecular weight excluding hydrogens is 449 g/mol. The fourth-order valence-electron chi connectivity index (χ4n) is 3.39. The van der Waals surface area contributed by atoms with Crippen molar-refractivity contribution in [1.82, 2.24) is 4.31 Å². The van der Waals surface area contributed by atoms with Crippen LogP contribution < -0.4 is 5.32 Å². The molecule has 31 heavy (non-hydrogen) atoms. The minimum absolute atomic E-state index is 0.116. The third-order valence-electron chi connectivity index (χ3n) is 4.98. The number of hydrogen-bond donors (Lipinski definition) is 1. The number of thiophene rings is 1. The second-order valence-electron chi connectivity index (χ2n) is 7.04. The lowest BCUT2D eigenvalue weighted by Crippen LogP contribution is -2.35. The van der Waals surface area contributed by atoms with Crippen LogP contribution in [0.15, 0.2) is 64.2 Å². The van der Waals surface area contributed by atoms with Crippen LogP contribution in [0, 0.1) is 0 Å². The number of anilines is 1. The van der Waals surface area contributed by atoms with Crippen molar-refractivity contribution < 1.29 is 26.4 Å². The zero-order valence-corrected chi connectivity index (χ0v) is 17.7. The molecule has 1 amide bonds. The van der Waals surface area contributed by atoms with Gasteiger partial charge in [0, 0.05) is 24.3 Å². The Bertz CT molecular complexity index is 1220. The number of carbonyl (C=O) groups excluding carboxylic acids is 1. The van der Waals surface area contributed by atoms with Gasteiger partial charge in [0.2, 0.25) is 0 Å². The lowest BCUT2D eigenvalue weighted by atomic mass is 10.0. The normalized spacial score (nSPS) is 14.8. The van der Waals surface area contributed by atoms with E-state index < -0.39 is 27.7 Å². The first-order valence-corrected chi connectivity index (χ1v) is 11.6. The van der Waals surface area contributed by atoms with Crippen molar-refractivity contribution in [1.29, 1.82) is 0 Å². The molecule has 10 heteroatoms. The number of nitrogens with one attached hydrogen (secondary N) is 1. The van der Waals surface area contributed by atoms with E-state index in [1.807, 2.05) is 0 Å². The summed E-state index contributed by atoms with van der Waals surface area (Å²) in [6.45, 7) is 0.506.